The predicted molar refractivity (Wildman–Crippen MR) is 113 cm³/mol. The van der Waals surface area contributed by atoms with Crippen LogP contribution in [0.2, 0.25) is 10.0 Å². The molecule has 0 aliphatic heterocycles. The number of nitrogens with one attached hydrogen (secondary N) is 1. The second-order valence-electron chi connectivity index (χ2n) is 6.69. The van der Waals surface area contributed by atoms with Gasteiger partial charge >= 0.3 is 0 Å². The molecule has 2 rings (SSSR count). The highest BCUT2D eigenvalue weighted by Gasteiger charge is 2.19. The van der Waals surface area contributed by atoms with Crippen molar-refractivity contribution in [2.24, 2.45) is 0 Å². The number of rotatable bonds is 8. The maximum absolute atomic E-state index is 6.12. The molecular weight excluding hydrogens is 437 g/mol. The van der Waals surface area contributed by atoms with Crippen molar-refractivity contribution in [3.05, 3.63) is 56.0 Å². The van der Waals surface area contributed by atoms with E-state index in [4.69, 9.17) is 32.7 Å². The monoisotopic (exact) mass is 459 g/mol. The van der Waals surface area contributed by atoms with E-state index >= 15 is 0 Å². The van der Waals surface area contributed by atoms with Gasteiger partial charge in [0.25, 0.3) is 0 Å². The number of halogens is 3. The zero-order valence-electron chi connectivity index (χ0n) is 15.5. The van der Waals surface area contributed by atoms with Gasteiger partial charge in [0.1, 0.15) is 6.61 Å². The van der Waals surface area contributed by atoms with Gasteiger partial charge in [-0.05, 0) is 50.1 Å². The maximum Gasteiger partial charge on any atom is 0.167 e. The lowest BCUT2D eigenvalue weighted by Crippen LogP contribution is -2.38. The quantitative estimate of drug-likeness (QED) is 0.479. The maximum atomic E-state index is 6.12. The Kier molecular flexibility index (Phi) is 7.65. The van der Waals surface area contributed by atoms with Crippen molar-refractivity contribution in [1.82, 2.24) is 5.32 Å². The molecule has 2 aromatic carbocycles. The summed E-state index contributed by atoms with van der Waals surface area (Å²) in [4.78, 5) is 0. The van der Waals surface area contributed by atoms with Gasteiger partial charge in [0.2, 0.25) is 0 Å². The highest BCUT2D eigenvalue weighted by atomic mass is 79.9. The number of ether oxygens (including phenoxy) is 2. The molecule has 6 heteroatoms. The van der Waals surface area contributed by atoms with Crippen molar-refractivity contribution in [3.8, 4) is 11.5 Å². The second kappa shape index (κ2) is 9.32. The normalized spacial score (nSPS) is 11.5. The van der Waals surface area contributed by atoms with Crippen LogP contribution in [0.5, 0.6) is 11.5 Å². The fraction of sp³-hybridized carbons (Fsp3) is 0.400. The summed E-state index contributed by atoms with van der Waals surface area (Å²) in [5.41, 5.74) is 1.99. The molecule has 0 bridgehead atoms. The van der Waals surface area contributed by atoms with Gasteiger partial charge in [0.05, 0.1) is 17.2 Å². The molecule has 1 N–H and O–H groups in total. The van der Waals surface area contributed by atoms with E-state index in [0.29, 0.717) is 34.7 Å². The summed E-state index contributed by atoms with van der Waals surface area (Å²) < 4.78 is 12.6. The summed E-state index contributed by atoms with van der Waals surface area (Å²) in [6, 6.07) is 9.35. The molecule has 2 aromatic rings. The third-order valence-electron chi connectivity index (χ3n) is 4.38. The zero-order chi connectivity index (χ0) is 19.3. The third kappa shape index (κ3) is 5.53. The molecule has 0 fully saturated rings. The minimum Gasteiger partial charge on any atom is -0.493 e. The Morgan fingerprint density at radius 2 is 1.85 bits per heavy atom. The number of methoxy groups -OCH3 is 1. The molecule has 0 atom stereocenters. The summed E-state index contributed by atoms with van der Waals surface area (Å²) in [5, 5.41) is 4.61. The van der Waals surface area contributed by atoms with Gasteiger partial charge in [0, 0.05) is 22.1 Å². The zero-order valence-corrected chi connectivity index (χ0v) is 18.6. The first-order chi connectivity index (χ1) is 12.3. The standard InChI is InChI=1S/C20H24BrCl2NO2/c1-5-20(2,3)24-11-14-15(21)7-9-18(25-4)19(14)26-12-13-6-8-16(22)17(23)10-13/h6-10,24H,5,11-12H2,1-4H3. The second-order valence-corrected chi connectivity index (χ2v) is 8.35. The molecule has 3 nitrogen and oxygen atoms in total. The molecule has 0 aromatic heterocycles. The minimum atomic E-state index is 0.0312. The summed E-state index contributed by atoms with van der Waals surface area (Å²) in [6.45, 7) is 7.55. The van der Waals surface area contributed by atoms with Crippen LogP contribution in [0.25, 0.3) is 0 Å². The number of hydrogen-bond acceptors (Lipinski definition) is 3. The predicted octanol–water partition coefficient (Wildman–Crippen LogP) is 6.62. The molecular formula is C20H24BrCl2NO2. The SMILES string of the molecule is CCC(C)(C)NCc1c(Br)ccc(OC)c1OCc1ccc(Cl)c(Cl)c1. The Balaban J connectivity index is 2.26. The first-order valence-corrected chi connectivity index (χ1v) is 9.99. The van der Waals surface area contributed by atoms with Gasteiger partial charge in [0.15, 0.2) is 11.5 Å². The number of benzene rings is 2. The van der Waals surface area contributed by atoms with Gasteiger partial charge in [-0.15, -0.1) is 0 Å². The van der Waals surface area contributed by atoms with E-state index < -0.39 is 0 Å². The first kappa shape index (κ1) is 21.4. The first-order valence-electron chi connectivity index (χ1n) is 8.44. The van der Waals surface area contributed by atoms with Crippen molar-refractivity contribution in [3.63, 3.8) is 0 Å². The van der Waals surface area contributed by atoms with Crippen LogP contribution < -0.4 is 14.8 Å². The molecule has 0 amide bonds. The van der Waals surface area contributed by atoms with Gasteiger partial charge in [-0.25, -0.2) is 0 Å². The largest absolute Gasteiger partial charge is 0.493 e. The molecule has 0 spiro atoms. The highest BCUT2D eigenvalue weighted by molar-refractivity contribution is 9.10. The van der Waals surface area contributed by atoms with Crippen LogP contribution in [-0.4, -0.2) is 12.6 Å². The molecule has 0 saturated heterocycles. The summed E-state index contributed by atoms with van der Waals surface area (Å²) in [5.74, 6) is 1.41. The minimum absolute atomic E-state index is 0.0312. The molecule has 0 heterocycles. The smallest absolute Gasteiger partial charge is 0.167 e. The molecule has 26 heavy (non-hydrogen) atoms. The van der Waals surface area contributed by atoms with Crippen molar-refractivity contribution >= 4 is 39.1 Å². The topological polar surface area (TPSA) is 30.5 Å². The van der Waals surface area contributed by atoms with Crippen molar-refractivity contribution < 1.29 is 9.47 Å². The van der Waals surface area contributed by atoms with Crippen molar-refractivity contribution in [2.45, 2.75) is 45.9 Å². The molecule has 0 radical (unpaired) electrons. The molecule has 0 aliphatic carbocycles. The van der Waals surface area contributed by atoms with Gasteiger partial charge < -0.3 is 14.8 Å². The van der Waals surface area contributed by atoms with E-state index in [9.17, 15) is 0 Å². The van der Waals surface area contributed by atoms with Crippen molar-refractivity contribution in [2.75, 3.05) is 7.11 Å². The van der Waals surface area contributed by atoms with Crippen LogP contribution >= 0.6 is 39.1 Å². The van der Waals surface area contributed by atoms with Crippen LogP contribution in [0, 0.1) is 0 Å². The lowest BCUT2D eigenvalue weighted by molar-refractivity contribution is 0.278. The van der Waals surface area contributed by atoms with Crippen LogP contribution in [-0.2, 0) is 13.2 Å². The van der Waals surface area contributed by atoms with Gasteiger partial charge in [-0.2, -0.15) is 0 Å². The molecule has 142 valence electrons. The molecule has 0 aliphatic rings. The van der Waals surface area contributed by atoms with Crippen LogP contribution in [0.4, 0.5) is 0 Å². The Morgan fingerprint density at radius 1 is 1.12 bits per heavy atom. The Labute approximate surface area is 174 Å². The average Bonchev–Trinajstić information content (AvgIpc) is 2.62. The summed E-state index contributed by atoms with van der Waals surface area (Å²) in [7, 11) is 1.64. The molecule has 0 unspecified atom stereocenters. The van der Waals surface area contributed by atoms with E-state index in [0.717, 1.165) is 22.0 Å². The van der Waals surface area contributed by atoms with Gasteiger partial charge in [-0.3, -0.25) is 0 Å². The van der Waals surface area contributed by atoms with Crippen molar-refractivity contribution in [1.29, 1.82) is 0 Å². The van der Waals surface area contributed by atoms with Crippen LogP contribution in [0.1, 0.15) is 38.3 Å². The average molecular weight is 461 g/mol. The lowest BCUT2D eigenvalue weighted by Gasteiger charge is -2.26. The molecule has 0 saturated carbocycles. The van der Waals surface area contributed by atoms with Crippen LogP contribution in [0.15, 0.2) is 34.8 Å². The summed E-state index contributed by atoms with van der Waals surface area (Å²) in [6.07, 6.45) is 1.02. The fourth-order valence-corrected chi connectivity index (χ4v) is 3.08. The Morgan fingerprint density at radius 3 is 2.46 bits per heavy atom. The van der Waals surface area contributed by atoms with E-state index in [-0.39, 0.29) is 5.54 Å². The van der Waals surface area contributed by atoms with E-state index in [1.165, 1.54) is 0 Å². The van der Waals surface area contributed by atoms with E-state index in [2.05, 4.69) is 42.0 Å². The number of hydrogen-bond donors (Lipinski definition) is 1. The Hall–Kier alpha value is -0.940. The lowest BCUT2D eigenvalue weighted by atomic mass is 10.0. The highest BCUT2D eigenvalue weighted by Crippen LogP contribution is 2.37. The van der Waals surface area contributed by atoms with Gasteiger partial charge in [-0.1, -0.05) is 52.1 Å². The van der Waals surface area contributed by atoms with Crippen LogP contribution in [0.3, 0.4) is 0 Å². The van der Waals surface area contributed by atoms with E-state index in [1.54, 1.807) is 13.2 Å². The Bertz CT molecular complexity index is 766. The fourth-order valence-electron chi connectivity index (χ4n) is 2.30. The third-order valence-corrected chi connectivity index (χ3v) is 5.86. The summed E-state index contributed by atoms with van der Waals surface area (Å²) >= 11 is 15.7. The van der Waals surface area contributed by atoms with E-state index in [1.807, 2.05) is 24.3 Å².